The summed E-state index contributed by atoms with van der Waals surface area (Å²) >= 11 is 18.7. The van der Waals surface area contributed by atoms with Crippen LogP contribution in [-0.2, 0) is 48.0 Å². The number of nitrogens with zero attached hydrogens (tertiary/aromatic N) is 10. The monoisotopic (exact) mass is 2070 g/mol. The van der Waals surface area contributed by atoms with E-state index in [2.05, 4.69) is 108 Å². The fourth-order valence-electron chi connectivity index (χ4n) is 11.0. The lowest BCUT2D eigenvalue weighted by Crippen LogP contribution is -2.24. The molecule has 9 N–H and O–H groups in total. The summed E-state index contributed by atoms with van der Waals surface area (Å²) in [6.45, 7) is 10.5. The number of aromatic hydroxyl groups is 3. The maximum Gasteiger partial charge on any atom is 0.277 e. The molecule has 720 valence electrons. The van der Waals surface area contributed by atoms with Crippen molar-refractivity contribution in [3.63, 3.8) is 0 Å². The van der Waals surface area contributed by atoms with Crippen LogP contribution in [0.3, 0.4) is 0 Å². The molecule has 0 radical (unpaired) electrons. The zero-order valence-corrected chi connectivity index (χ0v) is 80.2. The molecule has 0 fully saturated rings. The number of benzene rings is 12. The first kappa shape index (κ1) is 110. The molecule has 0 unspecified atom stereocenters. The van der Waals surface area contributed by atoms with Crippen molar-refractivity contribution in [2.24, 2.45) is 30.6 Å². The first-order valence-corrected chi connectivity index (χ1v) is 44.5. The van der Waals surface area contributed by atoms with Gasteiger partial charge in [0.05, 0.1) is 75.6 Å². The van der Waals surface area contributed by atoms with Gasteiger partial charge in [0, 0.05) is 32.2 Å². The Morgan fingerprint density at radius 3 is 1.14 bits per heavy atom. The predicted octanol–water partition coefficient (Wildman–Crippen LogP) is 17.2. The number of nitro groups is 1. The Morgan fingerprint density at radius 1 is 0.376 bits per heavy atom. The molecule has 0 spiro atoms. The molecule has 12 aromatic rings. The number of nitro benzene ring substituents is 1. The largest absolute Gasteiger partial charge is 0.507 e. The second kappa shape index (κ2) is 62.8. The highest BCUT2D eigenvalue weighted by molar-refractivity contribution is 9.10. The molecule has 0 aliphatic carbocycles. The van der Waals surface area contributed by atoms with Crippen molar-refractivity contribution >= 4 is 133 Å². The second-order valence-corrected chi connectivity index (χ2v) is 30.6. The maximum absolute atomic E-state index is 11.9. The van der Waals surface area contributed by atoms with Gasteiger partial charge in [0.15, 0.2) is 62.6 Å². The van der Waals surface area contributed by atoms with Crippen LogP contribution in [0.2, 0.25) is 10.0 Å². The Bertz CT molecular complexity index is 6530. The quantitative estimate of drug-likeness (QED) is 0.00570. The first-order chi connectivity index (χ1) is 68.3. The topological polar surface area (TPSA) is 489 Å². The van der Waals surface area contributed by atoms with Crippen molar-refractivity contribution in [1.82, 2.24) is 32.6 Å². The van der Waals surface area contributed by atoms with Crippen molar-refractivity contribution < 1.29 is 82.2 Å². The van der Waals surface area contributed by atoms with Crippen molar-refractivity contribution in [3.05, 3.63) is 394 Å². The van der Waals surface area contributed by atoms with E-state index in [0.717, 1.165) is 48.9 Å². The number of ether oxygens (including phenoxy) is 7. The number of rotatable bonds is 38. The van der Waals surface area contributed by atoms with Crippen molar-refractivity contribution in [2.45, 2.75) is 33.1 Å². The fraction of sp³-hybridized carbons (Fsp3) is 0.117. The molecule has 12 rings (SSSR count). The molecular weight excluding hydrogens is 1980 g/mol. The van der Waals surface area contributed by atoms with Gasteiger partial charge in [-0.15, -0.1) is 13.2 Å². The molecule has 141 heavy (non-hydrogen) atoms. The number of hydrogen-bond acceptors (Lipinski definition) is 27. The number of carbonyl (C=O) groups excluding carboxylic acids is 6. The molecule has 0 aromatic heterocycles. The van der Waals surface area contributed by atoms with Crippen molar-refractivity contribution in [1.29, 1.82) is 15.8 Å². The third kappa shape index (κ3) is 41.6. The highest BCUT2D eigenvalue weighted by Crippen LogP contribution is 2.29. The molecule has 0 heterocycles. The van der Waals surface area contributed by atoms with Crippen molar-refractivity contribution in [3.8, 4) is 75.7 Å². The van der Waals surface area contributed by atoms with Gasteiger partial charge in [-0.25, -0.2) is 32.6 Å². The van der Waals surface area contributed by atoms with Gasteiger partial charge in [-0.1, -0.05) is 202 Å². The number of phenolic OH excluding ortho intramolecular Hbond substituents is 3. The van der Waals surface area contributed by atoms with E-state index in [1.54, 1.807) is 152 Å². The number of nitriles is 3. The molecule has 6 amide bonds. The number of carbonyl (C=O) groups is 6. The molecule has 0 saturated carbocycles. The summed E-state index contributed by atoms with van der Waals surface area (Å²) in [4.78, 5) is 80.3. The van der Waals surface area contributed by atoms with Gasteiger partial charge in [0.2, 0.25) is 0 Å². The van der Waals surface area contributed by atoms with Crippen LogP contribution >= 0.6 is 55.1 Å². The van der Waals surface area contributed by atoms with Crippen LogP contribution in [0.4, 0.5) is 5.69 Å². The summed E-state index contributed by atoms with van der Waals surface area (Å²) in [5.41, 5.74) is 21.8. The molecule has 12 aromatic carbocycles. The third-order valence-electron chi connectivity index (χ3n) is 17.7. The van der Waals surface area contributed by atoms with E-state index in [-0.39, 0.29) is 68.5 Å². The normalized spacial score (nSPS) is 10.4. The number of phenols is 3. The molecule has 0 atom stereocenters. The zero-order chi connectivity index (χ0) is 102. The molecule has 38 heteroatoms. The summed E-state index contributed by atoms with van der Waals surface area (Å²) in [5.74, 6) is 0.567. The predicted molar refractivity (Wildman–Crippen MR) is 544 cm³/mol. The number of allylic oxidation sites excluding steroid dienone is 2. The van der Waals surface area contributed by atoms with Gasteiger partial charge in [0.25, 0.3) is 41.1 Å². The van der Waals surface area contributed by atoms with Crippen molar-refractivity contribution in [2.75, 3.05) is 46.2 Å². The van der Waals surface area contributed by atoms with E-state index >= 15 is 0 Å². The van der Waals surface area contributed by atoms with E-state index in [9.17, 15) is 54.2 Å². The van der Waals surface area contributed by atoms with Crippen LogP contribution in [-0.4, -0.2) is 139 Å². The molecule has 0 saturated heterocycles. The number of nitrogens with one attached hydrogen (secondary N) is 6. The highest BCUT2D eigenvalue weighted by atomic mass is 79.9. The Kier molecular flexibility index (Phi) is 49.2. The van der Waals surface area contributed by atoms with Gasteiger partial charge >= 0.3 is 0 Å². The van der Waals surface area contributed by atoms with E-state index in [4.69, 9.17) is 72.1 Å². The molecule has 34 nitrogen and oxygen atoms in total. The SMILES string of the molecule is C=CCc1ccccc1OCC(=O)N/N=C/c1cccc(CC=C)c1O.CCOc1ccccc1OCC(=O)N/N=C/c1ccc(O)c(O)c1.CCc1ccccc1OCC(=O)N/N=C/c1ccc(Br)cc1.N#Cc1ccccc1OCC(=O)N/N=C/c1c(Cl)cccc1Cl.N#Cc1ccccc1OCC(=O)N/N=C/c1ccc([N+](=O)[O-])cc1.N#Cc1ccccc1OCC(=O)N/N=C/c1cccc(Br)c1. The summed E-state index contributed by atoms with van der Waals surface area (Å²) in [7, 11) is 0. The molecule has 0 bridgehead atoms. The van der Waals surface area contributed by atoms with Gasteiger partial charge in [-0.3, -0.25) is 38.9 Å². The number of amides is 6. The standard InChI is InChI=1S/C21H22N2O3.C17H17BrN2O2.C17H18N2O5.C16H12BrN3O2.C16H11Cl2N3O2.C16H12N4O4/c1-3-8-16-10-5-6-13-19(16)26-15-20(24)23-22-14-18-12-7-11-17(9-4-2)21(18)25;1-2-14-5-3-4-6-16(14)22-12-17(21)20-19-11-13-7-9-15(18)10-8-13;1-2-23-15-5-3-4-6-16(15)24-11-17(22)19-18-10-12-7-8-13(20)14(21)9-12;17-14-6-3-4-12(8-14)10-19-20-16(21)11-22-15-7-2-1-5-13(15)9-18;17-13-5-3-6-14(18)12(13)9-20-21-16(22)10-23-15-7-2-1-4-11(15)8-19;17-9-13-3-1-2-4-15(13)24-11-16(21)19-18-10-12-5-7-14(8-6-12)20(22)23/h3-7,10-14,25H,1-2,8-9,15H2,(H,23,24);3-11H,2,12H2,1H3,(H,20,21);3-10,20-21H,2,11H2,1H3,(H,19,22);1-8,10H,11H2,(H,20,21);1-7,9H,10H2,(H,21,22);1-8,10H,11H2,(H,19,21)/b22-14+;19-11+;18-10+;19-10+;20-9+;18-10+. The van der Waals surface area contributed by atoms with E-state index in [0.29, 0.717) is 103 Å². The second-order valence-electron chi connectivity index (χ2n) is 27.9. The number of hydrazone groups is 6. The van der Waals surface area contributed by atoms with Crippen LogP contribution in [0.1, 0.15) is 80.6 Å². The van der Waals surface area contributed by atoms with E-state index in [1.165, 1.54) is 67.5 Å². The third-order valence-corrected chi connectivity index (χ3v) is 19.4. The number of aryl methyl sites for hydroxylation is 1. The number of halogens is 4. The number of hydrogen-bond donors (Lipinski definition) is 9. The Hall–Kier alpha value is -17.6. The number of para-hydroxylation sites is 8. The minimum Gasteiger partial charge on any atom is -0.507 e. The Balaban J connectivity index is 0.000000230. The summed E-state index contributed by atoms with van der Waals surface area (Å²) < 4.78 is 39.6. The average Bonchev–Trinajstić information content (AvgIpc) is 0.847. The molecule has 0 aliphatic heterocycles. The summed E-state index contributed by atoms with van der Waals surface area (Å²) in [5, 5.41) is 89.7. The molecular formula is C103H92Br2Cl2N16O18. The minimum absolute atomic E-state index is 0.0271. The molecule has 0 aliphatic rings. The lowest BCUT2D eigenvalue weighted by Gasteiger charge is -2.10. The van der Waals surface area contributed by atoms with Gasteiger partial charge in [0.1, 0.15) is 52.7 Å². The minimum atomic E-state index is -0.501. The highest BCUT2D eigenvalue weighted by Gasteiger charge is 2.15. The number of non-ortho nitro benzene ring substituents is 1. The van der Waals surface area contributed by atoms with Gasteiger partial charge in [-0.2, -0.15) is 46.4 Å². The van der Waals surface area contributed by atoms with Crippen LogP contribution in [0.5, 0.6) is 57.5 Å². The van der Waals surface area contributed by atoms with E-state index < -0.39 is 34.5 Å². The maximum atomic E-state index is 11.9. The lowest BCUT2D eigenvalue weighted by atomic mass is 10.1. The lowest BCUT2D eigenvalue weighted by molar-refractivity contribution is -0.384. The fourth-order valence-corrected chi connectivity index (χ4v) is 12.2. The smallest absolute Gasteiger partial charge is 0.277 e. The van der Waals surface area contributed by atoms with Crippen LogP contribution < -0.4 is 65.7 Å². The first-order valence-electron chi connectivity index (χ1n) is 42.1. The zero-order valence-electron chi connectivity index (χ0n) is 75.5. The summed E-state index contributed by atoms with van der Waals surface area (Å²) in [6.07, 6.45) is 14.1. The van der Waals surface area contributed by atoms with Crippen LogP contribution in [0.15, 0.2) is 338 Å². The van der Waals surface area contributed by atoms with Crippen LogP contribution in [0.25, 0.3) is 0 Å². The average molecular weight is 2070 g/mol. The van der Waals surface area contributed by atoms with Crippen LogP contribution in [0, 0.1) is 44.1 Å². The Labute approximate surface area is 838 Å². The van der Waals surface area contributed by atoms with Gasteiger partial charge in [-0.05, 0) is 199 Å². The van der Waals surface area contributed by atoms with Gasteiger partial charge < -0.3 is 48.5 Å². The van der Waals surface area contributed by atoms with E-state index in [1.807, 2.05) is 135 Å². The Morgan fingerprint density at radius 2 is 0.716 bits per heavy atom. The summed E-state index contributed by atoms with van der Waals surface area (Å²) in [6, 6.07) is 83.4.